The maximum Gasteiger partial charge on any atom is 0.242 e. The first-order valence-corrected chi connectivity index (χ1v) is 8.35. The van der Waals surface area contributed by atoms with Crippen molar-refractivity contribution < 1.29 is 13.5 Å². The molecule has 0 heterocycles. The van der Waals surface area contributed by atoms with Crippen LogP contribution in [-0.2, 0) is 10.0 Å². The van der Waals surface area contributed by atoms with E-state index in [9.17, 15) is 8.42 Å². The van der Waals surface area contributed by atoms with Crippen LogP contribution in [0.15, 0.2) is 32.0 Å². The van der Waals surface area contributed by atoms with Crippen molar-refractivity contribution in [3.8, 4) is 0 Å². The lowest BCUT2D eigenvalue weighted by Crippen LogP contribution is -2.44. The Balaban J connectivity index is 3.07. The molecule has 0 aliphatic carbocycles. The minimum atomic E-state index is -3.62. The van der Waals surface area contributed by atoms with Gasteiger partial charge < -0.3 is 5.11 Å². The predicted molar refractivity (Wildman–Crippen MR) is 77.9 cm³/mol. The molecule has 4 nitrogen and oxygen atoms in total. The molecule has 0 saturated carbocycles. The molecule has 18 heavy (non-hydrogen) atoms. The molecule has 0 aromatic heterocycles. The summed E-state index contributed by atoms with van der Waals surface area (Å²) < 4.78 is 28.3. The number of hydrogen-bond donors (Lipinski definition) is 2. The smallest absolute Gasteiger partial charge is 0.242 e. The van der Waals surface area contributed by atoms with Gasteiger partial charge in [-0.25, -0.2) is 13.1 Å². The summed E-state index contributed by atoms with van der Waals surface area (Å²) in [6.45, 7) is 3.39. The van der Waals surface area contributed by atoms with Crippen LogP contribution in [0.3, 0.4) is 0 Å². The fraction of sp³-hybridized carbons (Fsp3) is 0.455. The number of aliphatic hydroxyl groups excluding tert-OH is 1. The van der Waals surface area contributed by atoms with Crippen LogP contribution in [0.5, 0.6) is 0 Å². The van der Waals surface area contributed by atoms with Crippen molar-refractivity contribution in [2.45, 2.75) is 30.7 Å². The minimum absolute atomic E-state index is 0.0724. The number of benzene rings is 1. The molecule has 1 aromatic rings. The van der Waals surface area contributed by atoms with E-state index < -0.39 is 15.6 Å². The summed E-state index contributed by atoms with van der Waals surface area (Å²) in [5.41, 5.74) is -0.694. The molecular formula is C11H15Br2NO3S. The van der Waals surface area contributed by atoms with Crippen molar-refractivity contribution in [1.82, 2.24) is 4.72 Å². The van der Waals surface area contributed by atoms with Crippen LogP contribution in [0.2, 0.25) is 0 Å². The minimum Gasteiger partial charge on any atom is -0.396 e. The number of halogens is 2. The van der Waals surface area contributed by atoms with Gasteiger partial charge in [-0.2, -0.15) is 0 Å². The average molecular weight is 401 g/mol. The van der Waals surface area contributed by atoms with E-state index >= 15 is 0 Å². The predicted octanol–water partition coefficient (Wildman–Crippen LogP) is 2.65. The third kappa shape index (κ3) is 4.31. The number of sulfonamides is 1. The van der Waals surface area contributed by atoms with Gasteiger partial charge >= 0.3 is 0 Å². The Bertz CT molecular complexity index is 529. The molecular weight excluding hydrogens is 386 g/mol. The number of aliphatic hydroxyl groups is 1. The zero-order valence-electron chi connectivity index (χ0n) is 10.1. The first-order chi connectivity index (χ1) is 8.18. The lowest BCUT2D eigenvalue weighted by Gasteiger charge is -2.25. The molecule has 102 valence electrons. The van der Waals surface area contributed by atoms with Gasteiger partial charge in [0.25, 0.3) is 0 Å². The van der Waals surface area contributed by atoms with E-state index in [2.05, 4.69) is 36.6 Å². The van der Waals surface area contributed by atoms with Crippen LogP contribution >= 0.6 is 31.9 Å². The van der Waals surface area contributed by atoms with Crippen LogP contribution in [0, 0.1) is 0 Å². The molecule has 0 fully saturated rings. The summed E-state index contributed by atoms with van der Waals surface area (Å²) in [4.78, 5) is 0.178. The molecule has 0 saturated heterocycles. The van der Waals surface area contributed by atoms with Crippen molar-refractivity contribution in [3.63, 3.8) is 0 Å². The van der Waals surface area contributed by atoms with Crippen molar-refractivity contribution in [1.29, 1.82) is 0 Å². The van der Waals surface area contributed by atoms with Gasteiger partial charge in [-0.3, -0.25) is 0 Å². The van der Waals surface area contributed by atoms with E-state index in [1.54, 1.807) is 26.0 Å². The lowest BCUT2D eigenvalue weighted by atomic mass is 10.0. The molecule has 0 aliphatic rings. The Kier molecular flexibility index (Phi) is 5.37. The first-order valence-electron chi connectivity index (χ1n) is 5.28. The van der Waals surface area contributed by atoms with Gasteiger partial charge in [-0.15, -0.1) is 0 Å². The number of nitrogens with one attached hydrogen (secondary N) is 1. The molecule has 0 amide bonds. The maximum atomic E-state index is 12.2. The lowest BCUT2D eigenvalue weighted by molar-refractivity contribution is 0.245. The average Bonchev–Trinajstić information content (AvgIpc) is 2.14. The van der Waals surface area contributed by atoms with Gasteiger partial charge in [0.1, 0.15) is 0 Å². The zero-order valence-corrected chi connectivity index (χ0v) is 14.1. The molecule has 0 atom stereocenters. The van der Waals surface area contributed by atoms with Crippen molar-refractivity contribution in [2.75, 3.05) is 6.61 Å². The highest BCUT2D eigenvalue weighted by atomic mass is 79.9. The molecule has 0 spiro atoms. The highest BCUT2D eigenvalue weighted by Gasteiger charge is 2.27. The van der Waals surface area contributed by atoms with Crippen molar-refractivity contribution in [3.05, 3.63) is 27.1 Å². The standard InChI is InChI=1S/C11H15Br2NO3S/c1-11(2,5-6-15)14-18(16,17)10-4-3-8(12)7-9(10)13/h3-4,7,14-15H,5-6H2,1-2H3. The summed E-state index contributed by atoms with van der Waals surface area (Å²) in [5, 5.41) is 8.91. The topological polar surface area (TPSA) is 66.4 Å². The molecule has 0 radical (unpaired) electrons. The zero-order chi connectivity index (χ0) is 14.0. The van der Waals surface area contributed by atoms with Gasteiger partial charge in [0.05, 0.1) is 4.90 Å². The molecule has 1 aromatic carbocycles. The monoisotopic (exact) mass is 399 g/mol. The summed E-state index contributed by atoms with van der Waals surface area (Å²) >= 11 is 6.50. The Morgan fingerprint density at radius 2 is 1.94 bits per heavy atom. The van der Waals surface area contributed by atoms with Crippen molar-refractivity contribution >= 4 is 41.9 Å². The molecule has 2 N–H and O–H groups in total. The van der Waals surface area contributed by atoms with Gasteiger partial charge in [-0.05, 0) is 54.4 Å². The first kappa shape index (κ1) is 16.1. The Morgan fingerprint density at radius 3 is 2.44 bits per heavy atom. The van der Waals surface area contributed by atoms with E-state index in [0.29, 0.717) is 10.9 Å². The SMILES string of the molecule is CC(C)(CCO)NS(=O)(=O)c1ccc(Br)cc1Br. The van der Waals surface area contributed by atoms with Crippen LogP contribution in [0.25, 0.3) is 0 Å². The number of rotatable bonds is 5. The second-order valence-electron chi connectivity index (χ2n) is 4.54. The Morgan fingerprint density at radius 1 is 1.33 bits per heavy atom. The molecule has 0 bridgehead atoms. The third-order valence-corrected chi connectivity index (χ3v) is 5.50. The quantitative estimate of drug-likeness (QED) is 0.798. The number of hydrogen-bond acceptors (Lipinski definition) is 3. The highest BCUT2D eigenvalue weighted by Crippen LogP contribution is 2.26. The fourth-order valence-corrected chi connectivity index (χ4v) is 4.63. The van der Waals surface area contributed by atoms with Gasteiger partial charge in [0.2, 0.25) is 10.0 Å². The van der Waals surface area contributed by atoms with E-state index in [1.165, 1.54) is 6.07 Å². The Labute approximate surface area is 124 Å². The Hall–Kier alpha value is 0.0500. The second kappa shape index (κ2) is 6.00. The molecule has 7 heteroatoms. The van der Waals surface area contributed by atoms with Crippen LogP contribution < -0.4 is 4.72 Å². The van der Waals surface area contributed by atoms with Gasteiger partial charge in [0.15, 0.2) is 0 Å². The normalized spacial score (nSPS) is 12.7. The van der Waals surface area contributed by atoms with Crippen LogP contribution in [0.1, 0.15) is 20.3 Å². The van der Waals surface area contributed by atoms with E-state index in [1.807, 2.05) is 0 Å². The summed E-state index contributed by atoms with van der Waals surface area (Å²) in [6, 6.07) is 4.86. The van der Waals surface area contributed by atoms with E-state index in [-0.39, 0.29) is 11.5 Å². The summed E-state index contributed by atoms with van der Waals surface area (Å²) in [6.07, 6.45) is 0.348. The second-order valence-corrected chi connectivity index (χ2v) is 7.96. The van der Waals surface area contributed by atoms with Gasteiger partial charge in [-0.1, -0.05) is 15.9 Å². The largest absolute Gasteiger partial charge is 0.396 e. The summed E-state index contributed by atoms with van der Waals surface area (Å²) in [7, 11) is -3.62. The van der Waals surface area contributed by atoms with Crippen LogP contribution in [0.4, 0.5) is 0 Å². The van der Waals surface area contributed by atoms with Crippen LogP contribution in [-0.4, -0.2) is 25.7 Å². The molecule has 0 unspecified atom stereocenters. The van der Waals surface area contributed by atoms with Crippen molar-refractivity contribution in [2.24, 2.45) is 0 Å². The molecule has 1 rings (SSSR count). The van der Waals surface area contributed by atoms with E-state index in [0.717, 1.165) is 4.47 Å². The van der Waals surface area contributed by atoms with E-state index in [4.69, 9.17) is 5.11 Å². The third-order valence-electron chi connectivity index (χ3n) is 2.33. The fourth-order valence-electron chi connectivity index (χ4n) is 1.44. The molecule has 0 aliphatic heterocycles. The highest BCUT2D eigenvalue weighted by molar-refractivity contribution is 9.11. The van der Waals surface area contributed by atoms with Gasteiger partial charge in [0, 0.05) is 21.1 Å². The summed E-state index contributed by atoms with van der Waals surface area (Å²) in [5.74, 6) is 0. The maximum absolute atomic E-state index is 12.2.